The Kier molecular flexibility index (Phi) is 36.1. The molecule has 3 aromatic rings. The molecule has 4 unspecified atom stereocenters. The molecule has 7 rings (SSSR count). The molecule has 26 nitrogen and oxygen atoms in total. The number of hydrogen-bond acceptors (Lipinski definition) is 27. The Balaban J connectivity index is 0.00000188. The third kappa shape index (κ3) is 24.1. The zero-order chi connectivity index (χ0) is 84.4. The Morgan fingerprint density at radius 1 is 0.798 bits per heavy atom. The second kappa shape index (κ2) is 43.5. The molecule has 1 aliphatic heterocycles. The number of rotatable bonds is 40. The number of aliphatic hydroxyl groups is 2. The van der Waals surface area contributed by atoms with Crippen LogP contribution in [0, 0.1) is 56.7 Å². The van der Waals surface area contributed by atoms with E-state index in [0.29, 0.717) is 22.3 Å². The van der Waals surface area contributed by atoms with Crippen LogP contribution in [0.4, 0.5) is 0 Å². The molecule has 5 N–H and O–H groups in total. The fraction of sp³-hybridized carbons (Fsp3) is 0.588. The number of esters is 7. The summed E-state index contributed by atoms with van der Waals surface area (Å²) in [6, 6.07) is 26.4. The van der Waals surface area contributed by atoms with E-state index in [9.17, 15) is 59.1 Å². The SMILES string of the molecule is C=C(C)C(=O)OCCOC.CCCCCCCCCCCCSC(=S)SC(C)(CC(C#N)CC(CC(C)(C#N)CCC(=O)O[C@@H](C(=O)O[C@H]1C[C@@]2(O)[C@@H](OC(=O)c3ccccc3)[C@@H]3[C@]4(OC(C)=O)CO[C@@H]4C[C@H](O)[C@@]3(C)C(=O)[C@H](OC(C)=O)C(=C1C)C2(C)C)[C@@H](NC(=O)c1ccccc1)c1ccccc1)C(N)=O)C(=O)OCOC. The molecule has 2 saturated carbocycles. The van der Waals surface area contributed by atoms with Crippen molar-refractivity contribution in [1.29, 1.82) is 10.5 Å². The third-order valence-corrected chi connectivity index (χ3v) is 24.9. The van der Waals surface area contributed by atoms with Crippen molar-refractivity contribution < 1.29 is 106 Å². The summed E-state index contributed by atoms with van der Waals surface area (Å²) in [6.45, 7) is 18.3. The van der Waals surface area contributed by atoms with Gasteiger partial charge >= 0.3 is 41.8 Å². The molecule has 114 heavy (non-hydrogen) atoms. The van der Waals surface area contributed by atoms with Gasteiger partial charge in [0.15, 0.2) is 24.3 Å². The monoisotopic (exact) mass is 1640 g/mol. The van der Waals surface area contributed by atoms with Gasteiger partial charge in [-0.05, 0) is 113 Å². The summed E-state index contributed by atoms with van der Waals surface area (Å²) in [4.78, 5) is 141. The van der Waals surface area contributed by atoms with Crippen molar-refractivity contribution in [3.8, 4) is 12.1 Å². The average molecular weight is 1640 g/mol. The van der Waals surface area contributed by atoms with Gasteiger partial charge in [0, 0.05) is 75.7 Å². The Labute approximate surface area is 682 Å². The van der Waals surface area contributed by atoms with Crippen molar-refractivity contribution in [1.82, 2.24) is 5.32 Å². The van der Waals surface area contributed by atoms with Gasteiger partial charge in [0.05, 0.1) is 53.8 Å². The maximum absolute atomic E-state index is 16.0. The van der Waals surface area contributed by atoms with Crippen molar-refractivity contribution >= 4 is 98.7 Å². The number of fused-ring (bicyclic) bond motifs is 5. The van der Waals surface area contributed by atoms with Crippen LogP contribution in [0.15, 0.2) is 114 Å². The summed E-state index contributed by atoms with van der Waals surface area (Å²) in [5.74, 6) is -12.1. The fourth-order valence-corrected chi connectivity index (χ4v) is 18.8. The number of nitriles is 2. The van der Waals surface area contributed by atoms with E-state index >= 15 is 9.59 Å². The number of Topliss-reactive ketones (excluding diaryl/α,β-unsaturated/α-hetero) is 1. The number of nitrogens with one attached hydrogen (secondary N) is 1. The van der Waals surface area contributed by atoms with Gasteiger partial charge < -0.3 is 68.6 Å². The summed E-state index contributed by atoms with van der Waals surface area (Å²) in [5.41, 5.74) is -3.32. The number of carbonyl (C=O) groups is 10. The van der Waals surface area contributed by atoms with Crippen LogP contribution in [0.3, 0.4) is 0 Å². The Hall–Kier alpha value is -8.39. The summed E-state index contributed by atoms with van der Waals surface area (Å²) < 4.78 is 56.3. The highest BCUT2D eigenvalue weighted by molar-refractivity contribution is 8.47. The number of thiocarbonyl (C=S) groups is 1. The summed E-state index contributed by atoms with van der Waals surface area (Å²) in [7, 11) is 2.90. The minimum absolute atomic E-state index is 0.00600. The van der Waals surface area contributed by atoms with Crippen molar-refractivity contribution in [2.24, 2.45) is 39.7 Å². The lowest BCUT2D eigenvalue weighted by Crippen LogP contribution is -2.82. The second-order valence-corrected chi connectivity index (χ2v) is 34.7. The average Bonchev–Trinajstić information content (AvgIpc) is 0.668. The molecule has 1 saturated heterocycles. The fourth-order valence-electron chi connectivity index (χ4n) is 15.6. The molecule has 3 aromatic carbocycles. The predicted octanol–water partition coefficient (Wildman–Crippen LogP) is 12.3. The number of nitrogens with two attached hydrogens (primary N) is 1. The molecule has 622 valence electrons. The van der Waals surface area contributed by atoms with Crippen LogP contribution in [0.1, 0.15) is 211 Å². The molecule has 3 aliphatic carbocycles. The van der Waals surface area contributed by atoms with Gasteiger partial charge in [-0.2, -0.15) is 10.5 Å². The number of ether oxygens (including phenoxy) is 10. The number of aliphatic hydroxyl groups excluding tert-OH is 1. The minimum Gasteiger partial charge on any atom is -0.460 e. The van der Waals surface area contributed by atoms with Gasteiger partial charge in [-0.25, -0.2) is 14.4 Å². The lowest BCUT2D eigenvalue weighted by molar-refractivity contribution is -0.346. The van der Waals surface area contributed by atoms with Gasteiger partial charge in [0.25, 0.3) is 5.91 Å². The zero-order valence-electron chi connectivity index (χ0n) is 67.5. The molecule has 0 radical (unpaired) electrons. The van der Waals surface area contributed by atoms with Crippen molar-refractivity contribution in [3.05, 3.63) is 131 Å². The number of primary amides is 1. The summed E-state index contributed by atoms with van der Waals surface area (Å²) in [6.07, 6.45) is -1.57. The van der Waals surface area contributed by atoms with Gasteiger partial charge in [-0.15, -0.1) is 11.8 Å². The molecule has 4 aliphatic rings. The van der Waals surface area contributed by atoms with E-state index in [1.807, 2.05) is 0 Å². The first-order chi connectivity index (χ1) is 54.0. The zero-order valence-corrected chi connectivity index (χ0v) is 69.9. The van der Waals surface area contributed by atoms with Gasteiger partial charge in [0.2, 0.25) is 12.0 Å². The number of ketones is 1. The molecule has 3 fully saturated rings. The van der Waals surface area contributed by atoms with Crippen LogP contribution in [0.5, 0.6) is 0 Å². The van der Waals surface area contributed by atoms with E-state index in [0.717, 1.165) is 57.0 Å². The third-order valence-electron chi connectivity index (χ3n) is 22.0. The van der Waals surface area contributed by atoms with Crippen molar-refractivity contribution in [2.75, 3.05) is 46.6 Å². The smallest absolute Gasteiger partial charge is 0.350 e. The normalized spacial score (nSPS) is 23.9. The molecule has 2 bridgehead atoms. The summed E-state index contributed by atoms with van der Waals surface area (Å²) in [5, 5.41) is 51.1. The molecule has 0 aromatic heterocycles. The van der Waals surface area contributed by atoms with E-state index in [2.05, 4.69) is 40.4 Å². The van der Waals surface area contributed by atoms with E-state index in [1.165, 1.54) is 116 Å². The molecule has 15 atom stereocenters. The van der Waals surface area contributed by atoms with Crippen molar-refractivity contribution in [2.45, 2.75) is 237 Å². The maximum Gasteiger partial charge on any atom is 0.350 e. The lowest BCUT2D eigenvalue weighted by Gasteiger charge is -2.67. The van der Waals surface area contributed by atoms with E-state index < -0.39 is 165 Å². The number of benzene rings is 3. The van der Waals surface area contributed by atoms with Crippen LogP contribution in [-0.2, 0) is 85.7 Å². The molecular formula is C85H112N4O22S3. The summed E-state index contributed by atoms with van der Waals surface area (Å²) >= 11 is 8.30. The maximum atomic E-state index is 16.0. The van der Waals surface area contributed by atoms with E-state index in [1.54, 1.807) is 87.7 Å². The quantitative estimate of drug-likeness (QED) is 0.00781. The van der Waals surface area contributed by atoms with Crippen LogP contribution in [0.2, 0.25) is 0 Å². The number of methoxy groups -OCH3 is 2. The highest BCUT2D eigenvalue weighted by Gasteiger charge is 2.78. The van der Waals surface area contributed by atoms with Gasteiger partial charge in [-0.1, -0.05) is 176 Å². The molecule has 2 amide bonds. The number of unbranched alkanes of at least 4 members (excludes halogenated alkanes) is 9. The second-order valence-electron chi connectivity index (χ2n) is 30.9. The first kappa shape index (κ1) is 94.5. The largest absolute Gasteiger partial charge is 0.460 e. The van der Waals surface area contributed by atoms with Gasteiger partial charge in [-0.3, -0.25) is 33.6 Å². The van der Waals surface area contributed by atoms with Crippen LogP contribution in [0.25, 0.3) is 0 Å². The van der Waals surface area contributed by atoms with E-state index in [-0.39, 0.29) is 72.7 Å². The van der Waals surface area contributed by atoms with Crippen LogP contribution < -0.4 is 11.1 Å². The molecule has 29 heteroatoms. The molecule has 1 heterocycles. The predicted molar refractivity (Wildman–Crippen MR) is 429 cm³/mol. The Morgan fingerprint density at radius 3 is 1.93 bits per heavy atom. The molecule has 0 spiro atoms. The first-order valence-electron chi connectivity index (χ1n) is 38.6. The Bertz CT molecular complexity index is 3980. The first-order valence-corrected chi connectivity index (χ1v) is 40.8. The van der Waals surface area contributed by atoms with Crippen molar-refractivity contribution in [3.63, 3.8) is 0 Å². The Morgan fingerprint density at radius 2 is 1.39 bits per heavy atom. The minimum atomic E-state index is -2.58. The number of hydrogen-bond donors (Lipinski definition) is 4. The van der Waals surface area contributed by atoms with Crippen LogP contribution in [-0.4, -0.2) is 172 Å². The molecular weight excluding hydrogens is 1530 g/mol. The van der Waals surface area contributed by atoms with Gasteiger partial charge in [0.1, 0.15) is 44.8 Å². The number of thioether (sulfide) groups is 2. The van der Waals surface area contributed by atoms with Crippen LogP contribution >= 0.6 is 35.7 Å². The standard InChI is InChI=1S/C78H100N4O19S3.C7H12O3/c1-11-12-13-14-15-16-17-18-19-29-38-103-72(102)104-75(8,71(92)96-47-94-10)41-51(44-79)39-55(67(81)88)42-74(7,45-80)37-36-59(86)99-63(61(52-30-23-20-24-31-52)82-68(89)53-32-25-21-26-33-53)70(91)98-56-43-78(93)66(100-69(90)54-34-27-22-28-35-54)64-76(9,57(85)40-58-77(64,46-95-58)101-50(4)84)65(87)62(97-49(3)83)60(48(56)2)73(78,5)6;1-6(2)7(8)10-5-4-9-3/h20-28,30-35,51,55-58,61-64,66,85,93H,11-19,29,36-43,46-47H2,1-10H3,(H2,81,88)(H,82,89);1,4-5H2,2-3H3/t51?,55?,56-,57-,58+,61-,62+,63+,64-,66-,74?,75?,76+,77-,78+;/m0./s1. The highest BCUT2D eigenvalue weighted by Crippen LogP contribution is 2.65. The number of carbonyl (C=O) groups excluding carboxylic acids is 10. The lowest BCUT2D eigenvalue weighted by atomic mass is 9.44. The number of amides is 2. The van der Waals surface area contributed by atoms with E-state index in [4.69, 9.17) is 55.8 Å². The topological polar surface area (TPSA) is 389 Å². The number of nitrogens with zero attached hydrogens (tertiary/aromatic N) is 2. The highest BCUT2D eigenvalue weighted by atomic mass is 32.2.